The molecule has 168 valence electrons. The Kier molecular flexibility index (Phi) is 9.38. The highest BCUT2D eigenvalue weighted by Crippen LogP contribution is 2.17. The zero-order valence-corrected chi connectivity index (χ0v) is 19.2. The van der Waals surface area contributed by atoms with Gasteiger partial charge in [0.1, 0.15) is 17.5 Å². The maximum atomic E-state index is 13.0. The van der Waals surface area contributed by atoms with Gasteiger partial charge in [-0.2, -0.15) is 0 Å². The van der Waals surface area contributed by atoms with Gasteiger partial charge in [0.2, 0.25) is 11.8 Å². The van der Waals surface area contributed by atoms with E-state index in [9.17, 15) is 9.59 Å². The van der Waals surface area contributed by atoms with Gasteiger partial charge in [-0.25, -0.2) is 0 Å². The molecule has 1 unspecified atom stereocenters. The minimum atomic E-state index is -0.574. The van der Waals surface area contributed by atoms with E-state index >= 15 is 0 Å². The highest BCUT2D eigenvalue weighted by molar-refractivity contribution is 5.87. The van der Waals surface area contributed by atoms with Crippen molar-refractivity contribution >= 4 is 11.8 Å². The standard InChI is InChI=1S/C25H34N2O4/c1-18(2)26-25(29)20(4)27(17-21-10-14-22(30-5)15-11-21)24(28)7-6-16-31-23-12-8-19(3)9-13-23/h8-15,18,20H,6-7,16-17H2,1-5H3,(H,26,29). The van der Waals surface area contributed by atoms with E-state index in [2.05, 4.69) is 5.32 Å². The molecule has 2 aromatic rings. The van der Waals surface area contributed by atoms with Gasteiger partial charge in [-0.1, -0.05) is 29.8 Å². The molecule has 0 saturated heterocycles. The Balaban J connectivity index is 2.00. The number of amides is 2. The summed E-state index contributed by atoms with van der Waals surface area (Å²) in [5, 5.41) is 2.90. The summed E-state index contributed by atoms with van der Waals surface area (Å²) in [6, 6.07) is 14.8. The third-order valence-electron chi connectivity index (χ3n) is 4.93. The average Bonchev–Trinajstić information content (AvgIpc) is 2.75. The summed E-state index contributed by atoms with van der Waals surface area (Å²) in [5.74, 6) is 1.31. The minimum Gasteiger partial charge on any atom is -0.497 e. The normalized spacial score (nSPS) is 11.7. The summed E-state index contributed by atoms with van der Waals surface area (Å²) >= 11 is 0. The molecule has 2 rings (SSSR count). The third-order valence-corrected chi connectivity index (χ3v) is 4.93. The molecule has 0 bridgehead atoms. The van der Waals surface area contributed by atoms with Crippen LogP contribution in [0.3, 0.4) is 0 Å². The van der Waals surface area contributed by atoms with Crippen molar-refractivity contribution in [1.29, 1.82) is 0 Å². The summed E-state index contributed by atoms with van der Waals surface area (Å²) in [5.41, 5.74) is 2.11. The molecule has 0 aromatic heterocycles. The van der Waals surface area contributed by atoms with Gasteiger partial charge in [0.05, 0.1) is 13.7 Å². The van der Waals surface area contributed by atoms with E-state index < -0.39 is 6.04 Å². The maximum absolute atomic E-state index is 13.0. The lowest BCUT2D eigenvalue weighted by Gasteiger charge is -2.29. The molecule has 0 spiro atoms. The van der Waals surface area contributed by atoms with Gasteiger partial charge in [-0.15, -0.1) is 0 Å². The number of nitrogens with one attached hydrogen (secondary N) is 1. The zero-order chi connectivity index (χ0) is 22.8. The van der Waals surface area contributed by atoms with Crippen molar-refractivity contribution in [2.24, 2.45) is 0 Å². The Morgan fingerprint density at radius 2 is 1.58 bits per heavy atom. The number of methoxy groups -OCH3 is 1. The first-order valence-corrected chi connectivity index (χ1v) is 10.7. The first-order valence-electron chi connectivity index (χ1n) is 10.7. The molecule has 2 aromatic carbocycles. The molecule has 0 aliphatic heterocycles. The summed E-state index contributed by atoms with van der Waals surface area (Å²) in [4.78, 5) is 27.2. The van der Waals surface area contributed by atoms with E-state index in [4.69, 9.17) is 9.47 Å². The lowest BCUT2D eigenvalue weighted by molar-refractivity contribution is -0.141. The van der Waals surface area contributed by atoms with Crippen molar-refractivity contribution in [1.82, 2.24) is 10.2 Å². The Bertz CT molecular complexity index is 832. The number of hydrogen-bond acceptors (Lipinski definition) is 4. The van der Waals surface area contributed by atoms with Crippen molar-refractivity contribution in [2.45, 2.75) is 59.2 Å². The number of rotatable bonds is 11. The molecule has 0 fully saturated rings. The fourth-order valence-electron chi connectivity index (χ4n) is 3.11. The molecule has 0 heterocycles. The molecule has 31 heavy (non-hydrogen) atoms. The third kappa shape index (κ3) is 7.96. The van der Waals surface area contributed by atoms with Crippen LogP contribution in [0.5, 0.6) is 11.5 Å². The SMILES string of the molecule is COc1ccc(CN(C(=O)CCCOc2ccc(C)cc2)C(C)C(=O)NC(C)C)cc1. The number of aryl methyl sites for hydroxylation is 1. The van der Waals surface area contributed by atoms with E-state index in [1.165, 1.54) is 5.56 Å². The fourth-order valence-corrected chi connectivity index (χ4v) is 3.11. The van der Waals surface area contributed by atoms with Crippen LogP contribution in [0.4, 0.5) is 0 Å². The predicted octanol–water partition coefficient (Wildman–Crippen LogP) is 4.10. The largest absolute Gasteiger partial charge is 0.497 e. The van der Waals surface area contributed by atoms with Gasteiger partial charge in [0.15, 0.2) is 0 Å². The quantitative estimate of drug-likeness (QED) is 0.549. The van der Waals surface area contributed by atoms with Crippen LogP contribution in [0.1, 0.15) is 44.7 Å². The van der Waals surface area contributed by atoms with Crippen molar-refractivity contribution in [3.63, 3.8) is 0 Å². The van der Waals surface area contributed by atoms with Crippen LogP contribution in [0.25, 0.3) is 0 Å². The second-order valence-electron chi connectivity index (χ2n) is 7.97. The Hall–Kier alpha value is -3.02. The highest BCUT2D eigenvalue weighted by atomic mass is 16.5. The molecule has 0 aliphatic rings. The number of ether oxygens (including phenoxy) is 2. The molecule has 1 N–H and O–H groups in total. The van der Waals surface area contributed by atoms with Gasteiger partial charge in [-0.3, -0.25) is 9.59 Å². The van der Waals surface area contributed by atoms with Crippen molar-refractivity contribution in [2.75, 3.05) is 13.7 Å². The summed E-state index contributed by atoms with van der Waals surface area (Å²) in [6.45, 7) is 8.40. The fraction of sp³-hybridized carbons (Fsp3) is 0.440. The van der Waals surface area contributed by atoms with Gasteiger partial charge in [0, 0.05) is 19.0 Å². The molecule has 2 amide bonds. The van der Waals surface area contributed by atoms with Crippen LogP contribution >= 0.6 is 0 Å². The van der Waals surface area contributed by atoms with Crippen LogP contribution in [0.2, 0.25) is 0 Å². The number of carbonyl (C=O) groups is 2. The lowest BCUT2D eigenvalue weighted by Crippen LogP contribution is -2.49. The summed E-state index contributed by atoms with van der Waals surface area (Å²) in [6.07, 6.45) is 0.881. The van der Waals surface area contributed by atoms with Gasteiger partial charge < -0.3 is 19.7 Å². The molecule has 0 aliphatic carbocycles. The van der Waals surface area contributed by atoms with Gasteiger partial charge >= 0.3 is 0 Å². The van der Waals surface area contributed by atoms with Crippen LogP contribution in [-0.2, 0) is 16.1 Å². The van der Waals surface area contributed by atoms with Crippen LogP contribution < -0.4 is 14.8 Å². The molecular formula is C25H34N2O4. The van der Waals surface area contributed by atoms with Crippen molar-refractivity contribution in [3.05, 3.63) is 59.7 Å². The highest BCUT2D eigenvalue weighted by Gasteiger charge is 2.26. The minimum absolute atomic E-state index is 0.01000. The topological polar surface area (TPSA) is 67.9 Å². The van der Waals surface area contributed by atoms with E-state index in [1.807, 2.05) is 69.3 Å². The molecule has 0 saturated carbocycles. The Morgan fingerprint density at radius 3 is 2.16 bits per heavy atom. The Morgan fingerprint density at radius 1 is 0.968 bits per heavy atom. The summed E-state index contributed by atoms with van der Waals surface area (Å²) < 4.78 is 10.9. The molecular weight excluding hydrogens is 392 g/mol. The smallest absolute Gasteiger partial charge is 0.242 e. The van der Waals surface area contributed by atoms with E-state index in [0.29, 0.717) is 26.0 Å². The van der Waals surface area contributed by atoms with Crippen LogP contribution in [-0.4, -0.2) is 42.5 Å². The van der Waals surface area contributed by atoms with Crippen molar-refractivity contribution in [3.8, 4) is 11.5 Å². The molecule has 1 atom stereocenters. The second kappa shape index (κ2) is 12.0. The van der Waals surface area contributed by atoms with Crippen LogP contribution in [0, 0.1) is 6.92 Å². The number of benzene rings is 2. The first-order chi connectivity index (χ1) is 14.8. The number of carbonyl (C=O) groups excluding carboxylic acids is 2. The summed E-state index contributed by atoms with van der Waals surface area (Å²) in [7, 11) is 1.61. The molecule has 6 heteroatoms. The van der Waals surface area contributed by atoms with E-state index in [0.717, 1.165) is 17.1 Å². The van der Waals surface area contributed by atoms with Crippen molar-refractivity contribution < 1.29 is 19.1 Å². The monoisotopic (exact) mass is 426 g/mol. The maximum Gasteiger partial charge on any atom is 0.242 e. The van der Waals surface area contributed by atoms with Gasteiger partial charge in [0.25, 0.3) is 0 Å². The number of hydrogen-bond donors (Lipinski definition) is 1. The second-order valence-corrected chi connectivity index (χ2v) is 7.97. The predicted molar refractivity (Wildman–Crippen MR) is 122 cm³/mol. The number of nitrogens with zero attached hydrogens (tertiary/aromatic N) is 1. The van der Waals surface area contributed by atoms with Gasteiger partial charge in [-0.05, 0) is 63.9 Å². The van der Waals surface area contributed by atoms with E-state index in [1.54, 1.807) is 18.9 Å². The lowest BCUT2D eigenvalue weighted by atomic mass is 10.1. The zero-order valence-electron chi connectivity index (χ0n) is 19.2. The first kappa shape index (κ1) is 24.3. The van der Waals surface area contributed by atoms with E-state index in [-0.39, 0.29) is 17.9 Å². The molecule has 0 radical (unpaired) electrons. The molecule has 6 nitrogen and oxygen atoms in total. The van der Waals surface area contributed by atoms with Crippen LogP contribution in [0.15, 0.2) is 48.5 Å². The average molecular weight is 427 g/mol. The Labute approximate surface area is 185 Å².